The van der Waals surface area contributed by atoms with Gasteiger partial charge in [-0.15, -0.1) is 0 Å². The fraction of sp³-hybridized carbons (Fsp3) is 0.436. The normalized spacial score (nSPS) is 13.4. The molecule has 264 valence electrons. The zero-order chi connectivity index (χ0) is 36.2. The molecule has 0 bridgehead atoms. The number of unbranched alkanes of at least 4 members (excludes halogenated alkanes) is 1. The van der Waals surface area contributed by atoms with Crippen LogP contribution in [-0.4, -0.2) is 63.7 Å². The number of nitrogens with zero attached hydrogens (tertiary/aromatic N) is 1. The number of nitrogens with one attached hydrogen (secondary N) is 2. The lowest BCUT2D eigenvalue weighted by molar-refractivity contribution is -0.159. The molecule has 49 heavy (non-hydrogen) atoms. The maximum Gasteiger partial charge on any atom is 0.408 e. The summed E-state index contributed by atoms with van der Waals surface area (Å²) in [5.74, 6) is -1.61. The van der Waals surface area contributed by atoms with Crippen LogP contribution in [0.5, 0.6) is 5.75 Å². The number of aromatic hydroxyl groups is 1. The zero-order valence-corrected chi connectivity index (χ0v) is 29.7. The van der Waals surface area contributed by atoms with Gasteiger partial charge in [0.1, 0.15) is 35.1 Å². The number of phenolic OH excluding ortho intramolecular Hbond substituents is 1. The van der Waals surface area contributed by atoms with Crippen LogP contribution in [0.1, 0.15) is 84.0 Å². The summed E-state index contributed by atoms with van der Waals surface area (Å²) in [6, 6.07) is 21.2. The molecule has 0 aliphatic rings. The molecule has 3 aromatic carbocycles. The number of rotatable bonds is 14. The van der Waals surface area contributed by atoms with E-state index >= 15 is 0 Å². The highest BCUT2D eigenvalue weighted by Crippen LogP contribution is 2.25. The molecule has 0 radical (unpaired) electrons. The summed E-state index contributed by atoms with van der Waals surface area (Å²) in [5, 5.41) is 15.5. The van der Waals surface area contributed by atoms with Crippen molar-refractivity contribution in [3.8, 4) is 5.75 Å². The van der Waals surface area contributed by atoms with E-state index in [1.165, 1.54) is 17.0 Å². The van der Waals surface area contributed by atoms with E-state index in [2.05, 4.69) is 10.6 Å². The number of amides is 3. The molecular weight excluding hydrogens is 622 g/mol. The van der Waals surface area contributed by atoms with Crippen LogP contribution < -0.4 is 10.6 Å². The third-order valence-corrected chi connectivity index (χ3v) is 7.37. The molecule has 0 fully saturated rings. The van der Waals surface area contributed by atoms with Crippen molar-refractivity contribution in [1.82, 2.24) is 15.5 Å². The third-order valence-electron chi connectivity index (χ3n) is 7.37. The Hall–Kier alpha value is -4.86. The molecule has 3 atom stereocenters. The van der Waals surface area contributed by atoms with Crippen molar-refractivity contribution in [2.24, 2.45) is 0 Å². The van der Waals surface area contributed by atoms with E-state index in [0.717, 1.165) is 12.0 Å². The number of carbonyl (C=O) groups is 4. The van der Waals surface area contributed by atoms with E-state index < -0.39 is 53.2 Å². The summed E-state index contributed by atoms with van der Waals surface area (Å²) in [4.78, 5) is 57.2. The van der Waals surface area contributed by atoms with E-state index in [-0.39, 0.29) is 25.1 Å². The summed E-state index contributed by atoms with van der Waals surface area (Å²) in [6.45, 7) is 12.6. The van der Waals surface area contributed by atoms with Crippen LogP contribution in [0.4, 0.5) is 4.79 Å². The van der Waals surface area contributed by atoms with Crippen molar-refractivity contribution < 1.29 is 33.8 Å². The Morgan fingerprint density at radius 3 is 1.80 bits per heavy atom. The van der Waals surface area contributed by atoms with Gasteiger partial charge in [0.25, 0.3) is 0 Å². The largest absolute Gasteiger partial charge is 0.508 e. The monoisotopic (exact) mass is 673 g/mol. The average molecular weight is 674 g/mol. The second-order valence-corrected chi connectivity index (χ2v) is 14.1. The van der Waals surface area contributed by atoms with Gasteiger partial charge in [-0.25, -0.2) is 9.59 Å². The number of esters is 1. The van der Waals surface area contributed by atoms with Gasteiger partial charge in [0.2, 0.25) is 11.8 Å². The Bertz CT molecular complexity index is 1510. The van der Waals surface area contributed by atoms with E-state index in [9.17, 15) is 24.3 Å². The predicted molar refractivity (Wildman–Crippen MR) is 189 cm³/mol. The van der Waals surface area contributed by atoms with Crippen LogP contribution in [-0.2, 0) is 36.7 Å². The smallest absolute Gasteiger partial charge is 0.408 e. The number of hydrogen-bond acceptors (Lipinski definition) is 7. The van der Waals surface area contributed by atoms with Crippen molar-refractivity contribution in [2.45, 2.75) is 103 Å². The van der Waals surface area contributed by atoms with Crippen molar-refractivity contribution >= 4 is 23.9 Å². The molecule has 3 rings (SSSR count). The van der Waals surface area contributed by atoms with E-state index in [1.807, 2.05) is 43.3 Å². The molecule has 3 aromatic rings. The highest BCUT2D eigenvalue weighted by atomic mass is 16.6. The van der Waals surface area contributed by atoms with Crippen LogP contribution >= 0.6 is 0 Å². The molecule has 0 aromatic heterocycles. The van der Waals surface area contributed by atoms with Crippen molar-refractivity contribution in [3.05, 3.63) is 102 Å². The lowest BCUT2D eigenvalue weighted by atomic mass is 9.99. The molecule has 0 saturated heterocycles. The molecule has 3 unspecified atom stereocenters. The Kier molecular flexibility index (Phi) is 13.8. The number of alkyl carbamates (subject to hydrolysis) is 1. The maximum atomic E-state index is 14.7. The van der Waals surface area contributed by atoms with E-state index in [4.69, 9.17) is 9.47 Å². The first-order valence-corrected chi connectivity index (χ1v) is 16.8. The lowest BCUT2D eigenvalue weighted by Gasteiger charge is -2.35. The van der Waals surface area contributed by atoms with E-state index in [1.54, 1.807) is 77.9 Å². The summed E-state index contributed by atoms with van der Waals surface area (Å²) in [6.07, 6.45) is 0.756. The van der Waals surface area contributed by atoms with Gasteiger partial charge in [0.05, 0.1) is 0 Å². The van der Waals surface area contributed by atoms with E-state index in [0.29, 0.717) is 17.5 Å². The van der Waals surface area contributed by atoms with Crippen molar-refractivity contribution in [3.63, 3.8) is 0 Å². The van der Waals surface area contributed by atoms with Gasteiger partial charge in [-0.3, -0.25) is 9.59 Å². The minimum atomic E-state index is -1.15. The highest BCUT2D eigenvalue weighted by Gasteiger charge is 2.38. The molecule has 10 nitrogen and oxygen atoms in total. The Morgan fingerprint density at radius 2 is 1.24 bits per heavy atom. The average Bonchev–Trinajstić information content (AvgIpc) is 3.02. The first-order valence-electron chi connectivity index (χ1n) is 16.8. The standard InChI is InChI=1S/C39H51N3O7/c1-8-9-24-42(35(45)31(41-37(47)49-39(5,6)7)25-28-20-22-30(43)23-21-28)33(29-18-14-11-15-19-29)34(44)40-32(36(46)48-38(2,3)4)26-27-16-12-10-13-17-27/h10-23,31-33,43H,8-9,24-26H2,1-7H3,(H,40,44)(H,41,47). The fourth-order valence-corrected chi connectivity index (χ4v) is 5.19. The molecule has 0 saturated carbocycles. The van der Waals surface area contributed by atoms with Gasteiger partial charge < -0.3 is 30.1 Å². The fourth-order valence-electron chi connectivity index (χ4n) is 5.19. The van der Waals surface area contributed by atoms with Crippen LogP contribution in [0, 0.1) is 0 Å². The SMILES string of the molecule is CCCCN(C(=O)C(Cc1ccc(O)cc1)NC(=O)OC(C)(C)C)C(C(=O)NC(Cc1ccccc1)C(=O)OC(C)(C)C)c1ccccc1. The second kappa shape index (κ2) is 17.5. The summed E-state index contributed by atoms with van der Waals surface area (Å²) >= 11 is 0. The second-order valence-electron chi connectivity index (χ2n) is 14.1. The van der Waals surface area contributed by atoms with Gasteiger partial charge in [0, 0.05) is 19.4 Å². The molecule has 0 heterocycles. The van der Waals surface area contributed by atoms with Gasteiger partial charge in [-0.2, -0.15) is 0 Å². The van der Waals surface area contributed by atoms with Crippen molar-refractivity contribution in [1.29, 1.82) is 0 Å². The molecule has 10 heteroatoms. The number of phenols is 1. The lowest BCUT2D eigenvalue weighted by Crippen LogP contribution is -2.55. The van der Waals surface area contributed by atoms with Crippen LogP contribution in [0.2, 0.25) is 0 Å². The Labute approximate surface area is 290 Å². The highest BCUT2D eigenvalue weighted by molar-refractivity contribution is 5.94. The Balaban J connectivity index is 2.07. The first-order chi connectivity index (χ1) is 23.1. The summed E-state index contributed by atoms with van der Waals surface area (Å²) in [7, 11) is 0. The topological polar surface area (TPSA) is 134 Å². The van der Waals surface area contributed by atoms with Gasteiger partial charge in [0.15, 0.2) is 0 Å². The van der Waals surface area contributed by atoms with Crippen LogP contribution in [0.3, 0.4) is 0 Å². The number of hydrogen-bond donors (Lipinski definition) is 3. The van der Waals surface area contributed by atoms with Gasteiger partial charge in [-0.1, -0.05) is 86.1 Å². The summed E-state index contributed by atoms with van der Waals surface area (Å²) < 4.78 is 11.2. The number of benzene rings is 3. The van der Waals surface area contributed by atoms with Crippen LogP contribution in [0.25, 0.3) is 0 Å². The molecular formula is C39H51N3O7. The summed E-state index contributed by atoms with van der Waals surface area (Å²) in [5.41, 5.74) is 0.418. The Morgan fingerprint density at radius 1 is 0.714 bits per heavy atom. The third kappa shape index (κ3) is 12.9. The first kappa shape index (κ1) is 38.6. The molecule has 0 aliphatic carbocycles. The predicted octanol–water partition coefficient (Wildman–Crippen LogP) is 6.27. The minimum absolute atomic E-state index is 0.0622. The number of ether oxygens (including phenoxy) is 2. The molecule has 3 N–H and O–H groups in total. The molecule has 0 aliphatic heterocycles. The van der Waals surface area contributed by atoms with Gasteiger partial charge >= 0.3 is 12.1 Å². The maximum absolute atomic E-state index is 14.7. The quantitative estimate of drug-likeness (QED) is 0.172. The number of carbonyl (C=O) groups excluding carboxylic acids is 4. The zero-order valence-electron chi connectivity index (χ0n) is 29.7. The van der Waals surface area contributed by atoms with Crippen molar-refractivity contribution in [2.75, 3.05) is 6.54 Å². The minimum Gasteiger partial charge on any atom is -0.508 e. The molecule has 0 spiro atoms. The molecule has 3 amide bonds. The van der Waals surface area contributed by atoms with Gasteiger partial charge in [-0.05, 0) is 76.8 Å². The van der Waals surface area contributed by atoms with Crippen LogP contribution in [0.15, 0.2) is 84.9 Å².